The fourth-order valence-corrected chi connectivity index (χ4v) is 1.35. The first-order valence-corrected chi connectivity index (χ1v) is 3.44. The third-order valence-electron chi connectivity index (χ3n) is 0.884. The van der Waals surface area contributed by atoms with Crippen LogP contribution in [0.3, 0.4) is 0 Å². The largest absolute Gasteiger partial charge is 0.396 e. The average molecular weight is 159 g/mol. The molecule has 0 aromatic carbocycles. The average Bonchev–Trinajstić information content (AvgIpc) is 2.15. The molecule has 0 bridgehead atoms. The van der Waals surface area contributed by atoms with Crippen LogP contribution in [0, 0.1) is 11.3 Å². The Bertz CT molecular complexity index is 260. The fraction of sp³-hybridized carbons (Fsp3) is 0. The van der Waals surface area contributed by atoms with E-state index in [-0.39, 0.29) is 0 Å². The van der Waals surface area contributed by atoms with E-state index in [0.717, 1.165) is 0 Å². The SMILES string of the molecule is N#Cc1scc(Cl)c1N. The van der Waals surface area contributed by atoms with E-state index in [4.69, 9.17) is 22.6 Å². The summed E-state index contributed by atoms with van der Waals surface area (Å²) in [6, 6.07) is 1.93. The molecule has 1 heterocycles. The second-order valence-electron chi connectivity index (χ2n) is 1.44. The van der Waals surface area contributed by atoms with Gasteiger partial charge in [0.2, 0.25) is 0 Å². The first-order valence-electron chi connectivity index (χ1n) is 2.18. The molecule has 2 nitrogen and oxygen atoms in total. The van der Waals surface area contributed by atoms with Crippen molar-refractivity contribution >= 4 is 28.6 Å². The minimum absolute atomic E-state index is 0.393. The Labute approximate surface area is 61.5 Å². The summed E-state index contributed by atoms with van der Waals surface area (Å²) in [5.41, 5.74) is 5.76. The van der Waals surface area contributed by atoms with E-state index >= 15 is 0 Å². The lowest BCUT2D eigenvalue weighted by atomic mass is 10.4. The van der Waals surface area contributed by atoms with Crippen LogP contribution in [0.15, 0.2) is 5.38 Å². The number of nitrogens with zero attached hydrogens (tertiary/aromatic N) is 1. The van der Waals surface area contributed by atoms with Crippen LogP contribution in [0.5, 0.6) is 0 Å². The first kappa shape index (κ1) is 6.40. The van der Waals surface area contributed by atoms with Crippen molar-refractivity contribution in [3.63, 3.8) is 0 Å². The summed E-state index contributed by atoms with van der Waals surface area (Å²) >= 11 is 6.80. The molecular weight excluding hydrogens is 156 g/mol. The Morgan fingerprint density at radius 1 is 1.78 bits per heavy atom. The van der Waals surface area contributed by atoms with E-state index in [1.165, 1.54) is 11.3 Å². The third kappa shape index (κ3) is 0.995. The van der Waals surface area contributed by atoms with E-state index < -0.39 is 0 Å². The number of nitrogen functional groups attached to an aromatic ring is 1. The highest BCUT2D eigenvalue weighted by molar-refractivity contribution is 7.11. The lowest BCUT2D eigenvalue weighted by Gasteiger charge is -1.83. The van der Waals surface area contributed by atoms with Crippen LogP contribution < -0.4 is 5.73 Å². The highest BCUT2D eigenvalue weighted by Crippen LogP contribution is 2.28. The highest BCUT2D eigenvalue weighted by Gasteiger charge is 2.03. The number of nitriles is 1. The standard InChI is InChI=1S/C5H3ClN2S/c6-3-2-9-4(1-7)5(3)8/h2H,8H2. The number of hydrogen-bond donors (Lipinski definition) is 1. The lowest BCUT2D eigenvalue weighted by Crippen LogP contribution is -1.83. The number of anilines is 1. The van der Waals surface area contributed by atoms with E-state index in [2.05, 4.69) is 0 Å². The summed E-state index contributed by atoms with van der Waals surface area (Å²) in [4.78, 5) is 0.486. The molecule has 0 atom stereocenters. The van der Waals surface area contributed by atoms with Crippen molar-refractivity contribution in [3.8, 4) is 6.07 Å². The van der Waals surface area contributed by atoms with Crippen LogP contribution in [0.1, 0.15) is 4.88 Å². The second kappa shape index (κ2) is 2.26. The van der Waals surface area contributed by atoms with Gasteiger partial charge in [0.15, 0.2) is 0 Å². The molecule has 0 saturated carbocycles. The number of nitrogens with two attached hydrogens (primary N) is 1. The third-order valence-corrected chi connectivity index (χ3v) is 2.23. The van der Waals surface area contributed by atoms with Crippen molar-refractivity contribution in [2.75, 3.05) is 5.73 Å². The van der Waals surface area contributed by atoms with Gasteiger partial charge in [0.05, 0.1) is 10.7 Å². The highest BCUT2D eigenvalue weighted by atomic mass is 35.5. The van der Waals surface area contributed by atoms with Crippen molar-refractivity contribution in [2.24, 2.45) is 0 Å². The van der Waals surface area contributed by atoms with Crippen LogP contribution in [0.25, 0.3) is 0 Å². The Hall–Kier alpha value is -0.720. The van der Waals surface area contributed by atoms with E-state index in [0.29, 0.717) is 15.6 Å². The fourth-order valence-electron chi connectivity index (χ4n) is 0.433. The molecule has 0 fully saturated rings. The molecule has 1 aromatic heterocycles. The predicted octanol–water partition coefficient (Wildman–Crippen LogP) is 1.86. The number of halogens is 1. The van der Waals surface area contributed by atoms with Gasteiger partial charge in [-0.1, -0.05) is 11.6 Å². The van der Waals surface area contributed by atoms with Gasteiger partial charge in [-0.15, -0.1) is 11.3 Å². The van der Waals surface area contributed by atoms with Gasteiger partial charge in [0.25, 0.3) is 0 Å². The zero-order chi connectivity index (χ0) is 6.85. The number of hydrogen-bond acceptors (Lipinski definition) is 3. The summed E-state index contributed by atoms with van der Waals surface area (Å²) in [6.45, 7) is 0. The van der Waals surface area contributed by atoms with Gasteiger partial charge >= 0.3 is 0 Å². The Morgan fingerprint density at radius 2 is 2.44 bits per heavy atom. The molecule has 2 N–H and O–H groups in total. The topological polar surface area (TPSA) is 49.8 Å². The summed E-state index contributed by atoms with van der Waals surface area (Å²) in [7, 11) is 0. The normalized spacial score (nSPS) is 8.89. The first-order chi connectivity index (χ1) is 4.25. The monoisotopic (exact) mass is 158 g/mol. The van der Waals surface area contributed by atoms with Gasteiger partial charge in [-0.2, -0.15) is 5.26 Å². The zero-order valence-corrected chi connectivity index (χ0v) is 5.96. The van der Waals surface area contributed by atoms with E-state index in [9.17, 15) is 0 Å². The van der Waals surface area contributed by atoms with Gasteiger partial charge in [0.1, 0.15) is 10.9 Å². The number of rotatable bonds is 0. The molecule has 1 rings (SSSR count). The Kier molecular flexibility index (Phi) is 1.60. The number of thiophene rings is 1. The minimum atomic E-state index is 0.393. The molecule has 9 heavy (non-hydrogen) atoms. The molecule has 0 aliphatic heterocycles. The van der Waals surface area contributed by atoms with Crippen molar-refractivity contribution in [3.05, 3.63) is 15.3 Å². The summed E-state index contributed by atoms with van der Waals surface area (Å²) in [5, 5.41) is 10.5. The van der Waals surface area contributed by atoms with Crippen molar-refractivity contribution < 1.29 is 0 Å². The van der Waals surface area contributed by atoms with Gasteiger partial charge in [0, 0.05) is 5.38 Å². The molecule has 0 unspecified atom stereocenters. The van der Waals surface area contributed by atoms with E-state index in [1.807, 2.05) is 6.07 Å². The lowest BCUT2D eigenvalue weighted by molar-refractivity contribution is 1.52. The molecule has 0 aliphatic carbocycles. The van der Waals surface area contributed by atoms with Gasteiger partial charge in [-0.25, -0.2) is 0 Å². The van der Waals surface area contributed by atoms with E-state index in [1.54, 1.807) is 5.38 Å². The maximum absolute atomic E-state index is 8.35. The van der Waals surface area contributed by atoms with Gasteiger partial charge in [-0.3, -0.25) is 0 Å². The minimum Gasteiger partial charge on any atom is -0.396 e. The predicted molar refractivity (Wildman–Crippen MR) is 38.5 cm³/mol. The second-order valence-corrected chi connectivity index (χ2v) is 2.73. The molecule has 0 spiro atoms. The van der Waals surface area contributed by atoms with Crippen molar-refractivity contribution in [1.29, 1.82) is 5.26 Å². The van der Waals surface area contributed by atoms with Gasteiger partial charge < -0.3 is 5.73 Å². The molecule has 0 saturated heterocycles. The van der Waals surface area contributed by atoms with Crippen molar-refractivity contribution in [2.45, 2.75) is 0 Å². The maximum atomic E-state index is 8.35. The smallest absolute Gasteiger partial charge is 0.129 e. The maximum Gasteiger partial charge on any atom is 0.129 e. The van der Waals surface area contributed by atoms with Crippen LogP contribution in [-0.4, -0.2) is 0 Å². The molecule has 0 amide bonds. The molecule has 4 heteroatoms. The summed E-state index contributed by atoms with van der Waals surface area (Å²) in [5.74, 6) is 0. The van der Waals surface area contributed by atoms with Crippen LogP contribution in [0.4, 0.5) is 5.69 Å². The molecule has 0 radical (unpaired) electrons. The van der Waals surface area contributed by atoms with Crippen molar-refractivity contribution in [1.82, 2.24) is 0 Å². The quantitative estimate of drug-likeness (QED) is 0.627. The van der Waals surface area contributed by atoms with Crippen LogP contribution in [-0.2, 0) is 0 Å². The van der Waals surface area contributed by atoms with Crippen LogP contribution >= 0.6 is 22.9 Å². The Balaban J connectivity index is 3.24. The molecular formula is C5H3ClN2S. The summed E-state index contributed by atoms with van der Waals surface area (Å²) < 4.78 is 0. The molecule has 0 aliphatic rings. The molecule has 46 valence electrons. The summed E-state index contributed by atoms with van der Waals surface area (Å²) in [6.07, 6.45) is 0. The zero-order valence-electron chi connectivity index (χ0n) is 4.39. The molecule has 1 aromatic rings. The van der Waals surface area contributed by atoms with Crippen LogP contribution in [0.2, 0.25) is 5.02 Å². The Morgan fingerprint density at radius 3 is 2.67 bits per heavy atom. The van der Waals surface area contributed by atoms with Gasteiger partial charge in [-0.05, 0) is 0 Å².